The van der Waals surface area contributed by atoms with Crippen molar-refractivity contribution in [2.75, 3.05) is 17.7 Å². The zero-order valence-electron chi connectivity index (χ0n) is 10.5. The van der Waals surface area contributed by atoms with Gasteiger partial charge in [0.2, 0.25) is 0 Å². The van der Waals surface area contributed by atoms with Crippen LogP contribution in [0.5, 0.6) is 0 Å². The van der Waals surface area contributed by atoms with Gasteiger partial charge in [-0.05, 0) is 37.6 Å². The highest BCUT2D eigenvalue weighted by Gasteiger charge is 2.02. The van der Waals surface area contributed by atoms with E-state index in [1.165, 1.54) is 11.1 Å². The summed E-state index contributed by atoms with van der Waals surface area (Å²) in [6, 6.07) is 14.6. The van der Waals surface area contributed by atoms with Crippen molar-refractivity contribution in [2.45, 2.75) is 13.8 Å². The number of hydrogen-bond donors (Lipinski definition) is 2. The number of nitrogens with one attached hydrogen (secondary N) is 2. The molecule has 0 aromatic heterocycles. The Hall–Kier alpha value is -1.96. The van der Waals surface area contributed by atoms with Gasteiger partial charge in [0.25, 0.3) is 0 Å². The second kappa shape index (κ2) is 4.91. The van der Waals surface area contributed by atoms with E-state index in [0.717, 1.165) is 17.1 Å². The lowest BCUT2D eigenvalue weighted by atomic mass is 10.1. The zero-order valence-corrected chi connectivity index (χ0v) is 10.5. The Morgan fingerprint density at radius 1 is 0.824 bits per heavy atom. The first-order chi connectivity index (χ1) is 8.20. The molecule has 0 radical (unpaired) electrons. The summed E-state index contributed by atoms with van der Waals surface area (Å²) >= 11 is 0. The highest BCUT2D eigenvalue weighted by atomic mass is 14.9. The summed E-state index contributed by atoms with van der Waals surface area (Å²) in [7, 11) is 1.93. The van der Waals surface area contributed by atoms with Gasteiger partial charge in [-0.2, -0.15) is 0 Å². The van der Waals surface area contributed by atoms with E-state index in [-0.39, 0.29) is 0 Å². The fourth-order valence-electron chi connectivity index (χ4n) is 1.91. The third kappa shape index (κ3) is 2.59. The molecule has 0 unspecified atom stereocenters. The molecule has 0 bridgehead atoms. The van der Waals surface area contributed by atoms with Gasteiger partial charge in [-0.15, -0.1) is 0 Å². The number of aryl methyl sites for hydroxylation is 2. The number of hydrogen-bond acceptors (Lipinski definition) is 2. The largest absolute Gasteiger partial charge is 0.386 e. The van der Waals surface area contributed by atoms with Crippen LogP contribution in [0, 0.1) is 13.8 Å². The lowest BCUT2D eigenvalue weighted by Crippen LogP contribution is -1.98. The smallest absolute Gasteiger partial charge is 0.0619 e. The SMILES string of the molecule is CNc1ccccc1Nc1ccc(C)cc1C. The molecule has 0 spiro atoms. The molecule has 2 heteroatoms. The molecular formula is C15H18N2. The Balaban J connectivity index is 2.31. The molecule has 88 valence electrons. The molecule has 0 aliphatic heterocycles. The number of para-hydroxylation sites is 2. The standard InChI is InChI=1S/C15H18N2/c1-11-8-9-13(12(2)10-11)17-15-7-5-4-6-14(15)16-3/h4-10,16-17H,1-3H3. The van der Waals surface area contributed by atoms with Crippen LogP contribution < -0.4 is 10.6 Å². The molecule has 2 rings (SSSR count). The minimum Gasteiger partial charge on any atom is -0.386 e. The molecule has 0 amide bonds. The molecule has 2 aromatic rings. The van der Waals surface area contributed by atoms with Gasteiger partial charge in [0.15, 0.2) is 0 Å². The number of rotatable bonds is 3. The van der Waals surface area contributed by atoms with E-state index in [0.29, 0.717) is 0 Å². The van der Waals surface area contributed by atoms with E-state index in [4.69, 9.17) is 0 Å². The van der Waals surface area contributed by atoms with Gasteiger partial charge in [0, 0.05) is 12.7 Å². The molecule has 0 atom stereocenters. The highest BCUT2D eigenvalue weighted by molar-refractivity contribution is 5.75. The number of benzene rings is 2. The first kappa shape index (κ1) is 11.5. The van der Waals surface area contributed by atoms with E-state index >= 15 is 0 Å². The maximum Gasteiger partial charge on any atom is 0.0619 e. The molecule has 0 aliphatic rings. The van der Waals surface area contributed by atoms with Crippen LogP contribution in [-0.2, 0) is 0 Å². The van der Waals surface area contributed by atoms with Gasteiger partial charge in [0.1, 0.15) is 0 Å². The Bertz CT molecular complexity index is 518. The van der Waals surface area contributed by atoms with Crippen LogP contribution in [0.2, 0.25) is 0 Å². The van der Waals surface area contributed by atoms with E-state index < -0.39 is 0 Å². The van der Waals surface area contributed by atoms with Gasteiger partial charge in [-0.25, -0.2) is 0 Å². The summed E-state index contributed by atoms with van der Waals surface area (Å²) in [6.45, 7) is 4.23. The van der Waals surface area contributed by atoms with Gasteiger partial charge in [0.05, 0.1) is 11.4 Å². The summed E-state index contributed by atoms with van der Waals surface area (Å²) in [5.74, 6) is 0. The van der Waals surface area contributed by atoms with Gasteiger partial charge >= 0.3 is 0 Å². The van der Waals surface area contributed by atoms with Crippen LogP contribution in [0.25, 0.3) is 0 Å². The van der Waals surface area contributed by atoms with Crippen molar-refractivity contribution in [1.82, 2.24) is 0 Å². The summed E-state index contributed by atoms with van der Waals surface area (Å²) in [5, 5.41) is 6.64. The molecule has 0 saturated heterocycles. The lowest BCUT2D eigenvalue weighted by molar-refractivity contribution is 1.36. The van der Waals surface area contributed by atoms with Crippen molar-refractivity contribution in [3.05, 3.63) is 53.6 Å². The zero-order chi connectivity index (χ0) is 12.3. The van der Waals surface area contributed by atoms with Crippen molar-refractivity contribution in [2.24, 2.45) is 0 Å². The van der Waals surface area contributed by atoms with E-state index in [1.807, 2.05) is 19.2 Å². The first-order valence-electron chi connectivity index (χ1n) is 5.82. The Labute approximate surface area is 103 Å². The molecule has 2 nitrogen and oxygen atoms in total. The third-order valence-corrected chi connectivity index (χ3v) is 2.85. The van der Waals surface area contributed by atoms with E-state index in [1.54, 1.807) is 0 Å². The molecule has 0 saturated carbocycles. The summed E-state index contributed by atoms with van der Waals surface area (Å²) in [5.41, 5.74) is 5.90. The molecular weight excluding hydrogens is 208 g/mol. The normalized spacial score (nSPS) is 10.1. The Morgan fingerprint density at radius 2 is 1.53 bits per heavy atom. The molecule has 2 aromatic carbocycles. The van der Waals surface area contributed by atoms with Crippen LogP contribution in [0.15, 0.2) is 42.5 Å². The lowest BCUT2D eigenvalue weighted by Gasteiger charge is -2.13. The summed E-state index contributed by atoms with van der Waals surface area (Å²) in [4.78, 5) is 0. The average molecular weight is 226 g/mol. The molecule has 0 heterocycles. The van der Waals surface area contributed by atoms with Gasteiger partial charge in [-0.3, -0.25) is 0 Å². The maximum absolute atomic E-state index is 3.46. The second-order valence-corrected chi connectivity index (χ2v) is 4.24. The highest BCUT2D eigenvalue weighted by Crippen LogP contribution is 2.26. The van der Waals surface area contributed by atoms with Crippen LogP contribution in [-0.4, -0.2) is 7.05 Å². The van der Waals surface area contributed by atoms with Crippen LogP contribution >= 0.6 is 0 Å². The van der Waals surface area contributed by atoms with Gasteiger partial charge in [-0.1, -0.05) is 29.8 Å². The van der Waals surface area contributed by atoms with Crippen molar-refractivity contribution in [3.63, 3.8) is 0 Å². The molecule has 0 aliphatic carbocycles. The average Bonchev–Trinajstić information content (AvgIpc) is 2.33. The topological polar surface area (TPSA) is 24.1 Å². The van der Waals surface area contributed by atoms with Crippen LogP contribution in [0.4, 0.5) is 17.1 Å². The van der Waals surface area contributed by atoms with Crippen molar-refractivity contribution in [1.29, 1.82) is 0 Å². The maximum atomic E-state index is 3.46. The molecule has 17 heavy (non-hydrogen) atoms. The predicted octanol–water partition coefficient (Wildman–Crippen LogP) is 4.09. The molecule has 0 fully saturated rings. The van der Waals surface area contributed by atoms with E-state index in [2.05, 4.69) is 54.8 Å². The first-order valence-corrected chi connectivity index (χ1v) is 5.82. The minimum atomic E-state index is 1.10. The fourth-order valence-corrected chi connectivity index (χ4v) is 1.91. The second-order valence-electron chi connectivity index (χ2n) is 4.24. The van der Waals surface area contributed by atoms with Crippen LogP contribution in [0.3, 0.4) is 0 Å². The monoisotopic (exact) mass is 226 g/mol. The quantitative estimate of drug-likeness (QED) is 0.823. The summed E-state index contributed by atoms with van der Waals surface area (Å²) < 4.78 is 0. The third-order valence-electron chi connectivity index (χ3n) is 2.85. The number of anilines is 3. The van der Waals surface area contributed by atoms with Crippen molar-refractivity contribution < 1.29 is 0 Å². The van der Waals surface area contributed by atoms with Crippen molar-refractivity contribution >= 4 is 17.1 Å². The molecule has 2 N–H and O–H groups in total. The predicted molar refractivity (Wildman–Crippen MR) is 75.2 cm³/mol. The Morgan fingerprint density at radius 3 is 2.18 bits per heavy atom. The minimum absolute atomic E-state index is 1.10. The van der Waals surface area contributed by atoms with Gasteiger partial charge < -0.3 is 10.6 Å². The summed E-state index contributed by atoms with van der Waals surface area (Å²) in [6.07, 6.45) is 0. The van der Waals surface area contributed by atoms with E-state index in [9.17, 15) is 0 Å². The van der Waals surface area contributed by atoms with Crippen molar-refractivity contribution in [3.8, 4) is 0 Å². The fraction of sp³-hybridized carbons (Fsp3) is 0.200. The van der Waals surface area contributed by atoms with Crippen LogP contribution in [0.1, 0.15) is 11.1 Å². The Kier molecular flexibility index (Phi) is 3.33.